The SMILES string of the molecule is COc1cc(OC)c(/C=C/S(=O)(=O)Cc2ccc(OC)c(NC(C)=O)c2)c(OC)c1. The number of carbonyl (C=O) groups excluding carboxylic acids is 1. The number of hydrogen-bond acceptors (Lipinski definition) is 7. The highest BCUT2D eigenvalue weighted by molar-refractivity contribution is 7.93. The van der Waals surface area contributed by atoms with E-state index in [-0.39, 0.29) is 11.7 Å². The van der Waals surface area contributed by atoms with Gasteiger partial charge in [-0.1, -0.05) is 6.07 Å². The lowest BCUT2D eigenvalue weighted by Crippen LogP contribution is -2.08. The standard InChI is InChI=1S/C21H25NO7S/c1-14(23)22-18-10-15(6-7-19(18)27-3)13-30(24,25)9-8-17-20(28-4)11-16(26-2)12-21(17)29-5/h6-12H,13H2,1-5H3,(H,22,23)/b9-8+. The maximum absolute atomic E-state index is 12.7. The quantitative estimate of drug-likeness (QED) is 0.645. The van der Waals surface area contributed by atoms with E-state index in [0.29, 0.717) is 39.8 Å². The number of methoxy groups -OCH3 is 4. The molecule has 0 saturated carbocycles. The smallest absolute Gasteiger partial charge is 0.221 e. The third-order valence-electron chi connectivity index (χ3n) is 4.14. The van der Waals surface area contributed by atoms with Gasteiger partial charge in [-0.05, 0) is 23.8 Å². The molecule has 30 heavy (non-hydrogen) atoms. The van der Waals surface area contributed by atoms with Gasteiger partial charge >= 0.3 is 0 Å². The number of sulfone groups is 1. The molecule has 9 heteroatoms. The van der Waals surface area contributed by atoms with Crippen LogP contribution in [-0.2, 0) is 20.4 Å². The summed E-state index contributed by atoms with van der Waals surface area (Å²) < 4.78 is 46.4. The minimum Gasteiger partial charge on any atom is -0.496 e. The molecule has 0 aromatic heterocycles. The molecule has 0 aliphatic rings. The van der Waals surface area contributed by atoms with E-state index in [1.807, 2.05) is 0 Å². The molecular weight excluding hydrogens is 410 g/mol. The number of hydrogen-bond donors (Lipinski definition) is 1. The second-order valence-electron chi connectivity index (χ2n) is 6.27. The molecule has 0 saturated heterocycles. The van der Waals surface area contributed by atoms with Crippen LogP contribution in [0.2, 0.25) is 0 Å². The Balaban J connectivity index is 2.34. The van der Waals surface area contributed by atoms with Crippen molar-refractivity contribution in [3.8, 4) is 23.0 Å². The Bertz CT molecular complexity index is 1020. The van der Waals surface area contributed by atoms with Crippen LogP contribution in [-0.4, -0.2) is 42.8 Å². The summed E-state index contributed by atoms with van der Waals surface area (Å²) >= 11 is 0. The van der Waals surface area contributed by atoms with E-state index in [2.05, 4.69) is 5.32 Å². The molecule has 0 unspecified atom stereocenters. The predicted molar refractivity (Wildman–Crippen MR) is 115 cm³/mol. The van der Waals surface area contributed by atoms with E-state index in [9.17, 15) is 13.2 Å². The van der Waals surface area contributed by atoms with Crippen LogP contribution in [0.3, 0.4) is 0 Å². The van der Waals surface area contributed by atoms with Gasteiger partial charge in [0.15, 0.2) is 9.84 Å². The highest BCUT2D eigenvalue weighted by Gasteiger charge is 2.15. The summed E-state index contributed by atoms with van der Waals surface area (Å²) in [5.74, 6) is 1.24. The second-order valence-corrected chi connectivity index (χ2v) is 8.16. The van der Waals surface area contributed by atoms with Crippen molar-refractivity contribution in [3.63, 3.8) is 0 Å². The van der Waals surface area contributed by atoms with Gasteiger partial charge in [-0.3, -0.25) is 4.79 Å². The molecule has 0 atom stereocenters. The molecule has 8 nitrogen and oxygen atoms in total. The Hall–Kier alpha value is -3.20. The van der Waals surface area contributed by atoms with Gasteiger partial charge in [-0.2, -0.15) is 0 Å². The third kappa shape index (κ3) is 5.90. The number of anilines is 1. The van der Waals surface area contributed by atoms with Gasteiger partial charge in [0.2, 0.25) is 5.91 Å². The zero-order valence-electron chi connectivity index (χ0n) is 17.5. The summed E-state index contributed by atoms with van der Waals surface area (Å²) in [6, 6.07) is 8.08. The van der Waals surface area contributed by atoms with Gasteiger partial charge in [-0.25, -0.2) is 8.42 Å². The zero-order valence-corrected chi connectivity index (χ0v) is 18.3. The number of ether oxygens (including phenoxy) is 4. The summed E-state index contributed by atoms with van der Waals surface area (Å²) in [6.07, 6.45) is 1.42. The van der Waals surface area contributed by atoms with Gasteiger partial charge in [0, 0.05) is 24.5 Å². The number of amides is 1. The van der Waals surface area contributed by atoms with Crippen molar-refractivity contribution in [1.29, 1.82) is 0 Å². The number of carbonyl (C=O) groups is 1. The lowest BCUT2D eigenvalue weighted by Gasteiger charge is -2.13. The Kier molecular flexibility index (Phi) is 7.71. The van der Waals surface area contributed by atoms with Crippen LogP contribution in [0.25, 0.3) is 6.08 Å². The zero-order chi connectivity index (χ0) is 22.3. The molecule has 1 N–H and O–H groups in total. The van der Waals surface area contributed by atoms with Gasteiger partial charge in [0.05, 0.1) is 45.4 Å². The van der Waals surface area contributed by atoms with Crippen molar-refractivity contribution in [2.45, 2.75) is 12.7 Å². The van der Waals surface area contributed by atoms with E-state index in [1.54, 1.807) is 30.3 Å². The predicted octanol–water partition coefficient (Wildman–Crippen LogP) is 3.27. The highest BCUT2D eigenvalue weighted by atomic mass is 32.2. The van der Waals surface area contributed by atoms with Crippen LogP contribution in [0.15, 0.2) is 35.7 Å². The molecule has 0 radical (unpaired) electrons. The van der Waals surface area contributed by atoms with Crippen LogP contribution >= 0.6 is 0 Å². The van der Waals surface area contributed by atoms with Crippen LogP contribution < -0.4 is 24.3 Å². The summed E-state index contributed by atoms with van der Waals surface area (Å²) in [6.45, 7) is 1.36. The molecule has 2 aromatic rings. The van der Waals surface area contributed by atoms with Crippen molar-refractivity contribution in [2.75, 3.05) is 33.8 Å². The minimum atomic E-state index is -3.64. The molecule has 0 heterocycles. The van der Waals surface area contributed by atoms with Gasteiger partial charge in [0.1, 0.15) is 23.0 Å². The van der Waals surface area contributed by atoms with E-state index < -0.39 is 9.84 Å². The highest BCUT2D eigenvalue weighted by Crippen LogP contribution is 2.35. The molecule has 0 bridgehead atoms. The Morgan fingerprint density at radius 2 is 1.53 bits per heavy atom. The lowest BCUT2D eigenvalue weighted by molar-refractivity contribution is -0.114. The normalized spacial score (nSPS) is 11.2. The minimum absolute atomic E-state index is 0.263. The molecule has 0 fully saturated rings. The van der Waals surface area contributed by atoms with Crippen molar-refractivity contribution in [1.82, 2.24) is 0 Å². The summed E-state index contributed by atoms with van der Waals surface area (Å²) in [7, 11) is 2.29. The molecule has 0 aliphatic carbocycles. The largest absolute Gasteiger partial charge is 0.496 e. The lowest BCUT2D eigenvalue weighted by atomic mass is 10.1. The fraction of sp³-hybridized carbons (Fsp3) is 0.286. The monoisotopic (exact) mass is 435 g/mol. The Morgan fingerprint density at radius 1 is 0.933 bits per heavy atom. The van der Waals surface area contributed by atoms with Crippen LogP contribution in [0.4, 0.5) is 5.69 Å². The Morgan fingerprint density at radius 3 is 2.03 bits per heavy atom. The van der Waals surface area contributed by atoms with Crippen molar-refractivity contribution in [3.05, 3.63) is 46.9 Å². The maximum atomic E-state index is 12.7. The Labute approximate surface area is 176 Å². The summed E-state index contributed by atoms with van der Waals surface area (Å²) in [5.41, 5.74) is 1.37. The molecule has 2 aromatic carbocycles. The number of nitrogens with one attached hydrogen (secondary N) is 1. The number of benzene rings is 2. The van der Waals surface area contributed by atoms with Crippen LogP contribution in [0.5, 0.6) is 23.0 Å². The third-order valence-corrected chi connectivity index (χ3v) is 5.42. The van der Waals surface area contributed by atoms with Gasteiger partial charge in [-0.15, -0.1) is 0 Å². The van der Waals surface area contributed by atoms with Crippen LogP contribution in [0.1, 0.15) is 18.1 Å². The van der Waals surface area contributed by atoms with Gasteiger partial charge < -0.3 is 24.3 Å². The topological polar surface area (TPSA) is 100 Å². The molecule has 1 amide bonds. The molecule has 162 valence electrons. The molecule has 0 aliphatic heterocycles. The fourth-order valence-corrected chi connectivity index (χ4v) is 3.87. The van der Waals surface area contributed by atoms with Gasteiger partial charge in [0.25, 0.3) is 0 Å². The summed E-state index contributed by atoms with van der Waals surface area (Å²) in [4.78, 5) is 11.4. The fourth-order valence-electron chi connectivity index (χ4n) is 2.78. The van der Waals surface area contributed by atoms with Crippen molar-refractivity contribution >= 4 is 27.5 Å². The average Bonchev–Trinajstić information content (AvgIpc) is 2.71. The first-order valence-corrected chi connectivity index (χ1v) is 10.6. The van der Waals surface area contributed by atoms with E-state index in [1.165, 1.54) is 41.4 Å². The average molecular weight is 435 g/mol. The first-order valence-electron chi connectivity index (χ1n) is 8.88. The first kappa shape index (κ1) is 23.1. The first-order chi connectivity index (χ1) is 14.2. The molecule has 2 rings (SSSR count). The van der Waals surface area contributed by atoms with Crippen molar-refractivity contribution < 1.29 is 32.2 Å². The van der Waals surface area contributed by atoms with E-state index in [4.69, 9.17) is 18.9 Å². The molecular formula is C21H25NO7S. The van der Waals surface area contributed by atoms with Crippen LogP contribution in [0, 0.1) is 0 Å². The maximum Gasteiger partial charge on any atom is 0.221 e. The van der Waals surface area contributed by atoms with E-state index >= 15 is 0 Å². The van der Waals surface area contributed by atoms with E-state index in [0.717, 1.165) is 5.41 Å². The van der Waals surface area contributed by atoms with Crippen molar-refractivity contribution in [2.24, 2.45) is 0 Å². The summed E-state index contributed by atoms with van der Waals surface area (Å²) in [5, 5.41) is 3.73. The molecule has 0 spiro atoms. The second kappa shape index (κ2) is 10.0. The number of rotatable bonds is 9.